The molecular formula is C11H22O3. The summed E-state index contributed by atoms with van der Waals surface area (Å²) in [5.41, 5.74) is 0. The van der Waals surface area contributed by atoms with E-state index in [2.05, 4.69) is 13.8 Å². The minimum atomic E-state index is -0.388. The predicted octanol–water partition coefficient (Wildman–Crippen LogP) is 1.18. The van der Waals surface area contributed by atoms with Gasteiger partial charge in [0.15, 0.2) is 0 Å². The van der Waals surface area contributed by atoms with Gasteiger partial charge in [0, 0.05) is 0 Å². The monoisotopic (exact) mass is 202 g/mol. The Morgan fingerprint density at radius 3 is 2.29 bits per heavy atom. The molecule has 0 radical (unpaired) electrons. The molecule has 2 N–H and O–H groups in total. The van der Waals surface area contributed by atoms with E-state index in [4.69, 9.17) is 14.9 Å². The van der Waals surface area contributed by atoms with Crippen LogP contribution in [0, 0.1) is 11.8 Å². The van der Waals surface area contributed by atoms with E-state index in [1.54, 1.807) is 0 Å². The van der Waals surface area contributed by atoms with Gasteiger partial charge in [-0.1, -0.05) is 13.8 Å². The summed E-state index contributed by atoms with van der Waals surface area (Å²) in [5.74, 6) is 1.46. The number of aliphatic hydroxyl groups is 2. The Hall–Kier alpha value is -0.120. The van der Waals surface area contributed by atoms with Gasteiger partial charge in [-0.2, -0.15) is 0 Å². The van der Waals surface area contributed by atoms with Crippen molar-refractivity contribution in [3.8, 4) is 0 Å². The summed E-state index contributed by atoms with van der Waals surface area (Å²) in [4.78, 5) is 0. The number of ether oxygens (including phenoxy) is 1. The molecule has 3 heteroatoms. The van der Waals surface area contributed by atoms with Crippen LogP contribution in [0.5, 0.6) is 0 Å². The van der Waals surface area contributed by atoms with Gasteiger partial charge in [0.2, 0.25) is 0 Å². The SMILES string of the molecule is CC1CCC(OC(CO)CO)CC1C. The zero-order chi connectivity index (χ0) is 10.6. The number of rotatable bonds is 4. The van der Waals surface area contributed by atoms with Gasteiger partial charge in [-0.25, -0.2) is 0 Å². The third kappa shape index (κ3) is 3.23. The van der Waals surface area contributed by atoms with Crippen molar-refractivity contribution >= 4 is 0 Å². The lowest BCUT2D eigenvalue weighted by Gasteiger charge is -2.33. The van der Waals surface area contributed by atoms with Crippen molar-refractivity contribution in [3.05, 3.63) is 0 Å². The molecule has 3 unspecified atom stereocenters. The Morgan fingerprint density at radius 2 is 1.79 bits per heavy atom. The Morgan fingerprint density at radius 1 is 1.14 bits per heavy atom. The summed E-state index contributed by atoms with van der Waals surface area (Å²) in [5, 5.41) is 17.8. The Labute approximate surface area is 86.1 Å². The van der Waals surface area contributed by atoms with Crippen LogP contribution in [0.4, 0.5) is 0 Å². The minimum Gasteiger partial charge on any atom is -0.394 e. The highest BCUT2D eigenvalue weighted by molar-refractivity contribution is 4.76. The van der Waals surface area contributed by atoms with Crippen LogP contribution in [-0.2, 0) is 4.74 Å². The molecule has 0 saturated heterocycles. The Kier molecular flexibility index (Phi) is 4.85. The van der Waals surface area contributed by atoms with Gasteiger partial charge in [0.05, 0.1) is 19.3 Å². The fraction of sp³-hybridized carbons (Fsp3) is 1.00. The molecule has 1 aliphatic rings. The molecule has 14 heavy (non-hydrogen) atoms. The molecule has 0 aromatic heterocycles. The molecule has 0 spiro atoms. The van der Waals surface area contributed by atoms with Gasteiger partial charge >= 0.3 is 0 Å². The number of hydrogen-bond acceptors (Lipinski definition) is 3. The van der Waals surface area contributed by atoms with Crippen LogP contribution in [0.1, 0.15) is 33.1 Å². The van der Waals surface area contributed by atoms with E-state index in [0.717, 1.165) is 18.8 Å². The first-order valence-corrected chi connectivity index (χ1v) is 5.54. The zero-order valence-corrected chi connectivity index (χ0v) is 9.15. The number of aliphatic hydroxyl groups excluding tert-OH is 2. The van der Waals surface area contributed by atoms with Crippen LogP contribution < -0.4 is 0 Å². The largest absolute Gasteiger partial charge is 0.394 e. The van der Waals surface area contributed by atoms with Gasteiger partial charge < -0.3 is 14.9 Å². The first kappa shape index (κ1) is 12.0. The molecular weight excluding hydrogens is 180 g/mol. The molecule has 0 heterocycles. The second-order valence-corrected chi connectivity index (χ2v) is 4.51. The van der Waals surface area contributed by atoms with E-state index in [-0.39, 0.29) is 25.4 Å². The lowest BCUT2D eigenvalue weighted by Crippen LogP contribution is -2.33. The maximum atomic E-state index is 8.89. The molecule has 1 saturated carbocycles. The second-order valence-electron chi connectivity index (χ2n) is 4.51. The molecule has 3 nitrogen and oxygen atoms in total. The first-order chi connectivity index (χ1) is 6.67. The third-order valence-electron chi connectivity index (χ3n) is 3.34. The maximum Gasteiger partial charge on any atom is 0.104 e. The standard InChI is InChI=1S/C11H22O3/c1-8-3-4-10(5-9(8)2)14-11(6-12)7-13/h8-13H,3-7H2,1-2H3. The topological polar surface area (TPSA) is 49.7 Å². The highest BCUT2D eigenvalue weighted by Crippen LogP contribution is 2.31. The summed E-state index contributed by atoms with van der Waals surface area (Å²) in [7, 11) is 0. The van der Waals surface area contributed by atoms with E-state index < -0.39 is 0 Å². The molecule has 0 amide bonds. The summed E-state index contributed by atoms with van der Waals surface area (Å²) in [6.45, 7) is 4.34. The molecule has 84 valence electrons. The Bertz CT molecular complexity index is 157. The van der Waals surface area contributed by atoms with Crippen LogP contribution in [0.25, 0.3) is 0 Å². The van der Waals surface area contributed by atoms with E-state index >= 15 is 0 Å². The van der Waals surface area contributed by atoms with Crippen LogP contribution in [0.2, 0.25) is 0 Å². The van der Waals surface area contributed by atoms with Gasteiger partial charge in [0.1, 0.15) is 6.10 Å². The summed E-state index contributed by atoms with van der Waals surface area (Å²) in [6.07, 6.45) is 3.14. The fourth-order valence-corrected chi connectivity index (χ4v) is 2.04. The van der Waals surface area contributed by atoms with Gasteiger partial charge in [0.25, 0.3) is 0 Å². The van der Waals surface area contributed by atoms with Crippen LogP contribution in [0.15, 0.2) is 0 Å². The predicted molar refractivity (Wildman–Crippen MR) is 55.0 cm³/mol. The molecule has 0 aromatic rings. The molecule has 0 aliphatic heterocycles. The van der Waals surface area contributed by atoms with Crippen molar-refractivity contribution in [1.82, 2.24) is 0 Å². The summed E-state index contributed by atoms with van der Waals surface area (Å²) < 4.78 is 5.61. The molecule has 1 fully saturated rings. The van der Waals surface area contributed by atoms with Crippen molar-refractivity contribution in [2.45, 2.75) is 45.3 Å². The second kappa shape index (κ2) is 5.69. The Balaban J connectivity index is 2.32. The van der Waals surface area contributed by atoms with E-state index in [1.807, 2.05) is 0 Å². The molecule has 0 aromatic carbocycles. The van der Waals surface area contributed by atoms with Crippen LogP contribution in [0.3, 0.4) is 0 Å². The maximum absolute atomic E-state index is 8.89. The van der Waals surface area contributed by atoms with E-state index in [9.17, 15) is 0 Å². The van der Waals surface area contributed by atoms with Crippen LogP contribution in [-0.4, -0.2) is 35.6 Å². The lowest BCUT2D eigenvalue weighted by atomic mass is 9.80. The summed E-state index contributed by atoms with van der Waals surface area (Å²) >= 11 is 0. The van der Waals surface area contributed by atoms with Crippen molar-refractivity contribution in [2.75, 3.05) is 13.2 Å². The lowest BCUT2D eigenvalue weighted by molar-refractivity contribution is -0.0852. The molecule has 0 bridgehead atoms. The normalized spacial score (nSPS) is 33.6. The zero-order valence-electron chi connectivity index (χ0n) is 9.15. The fourth-order valence-electron chi connectivity index (χ4n) is 2.04. The van der Waals surface area contributed by atoms with E-state index in [0.29, 0.717) is 5.92 Å². The molecule has 3 atom stereocenters. The highest BCUT2D eigenvalue weighted by atomic mass is 16.5. The average Bonchev–Trinajstić information content (AvgIpc) is 2.19. The minimum absolute atomic E-state index is 0.0864. The first-order valence-electron chi connectivity index (χ1n) is 5.54. The van der Waals surface area contributed by atoms with Gasteiger partial charge in [-0.3, -0.25) is 0 Å². The highest BCUT2D eigenvalue weighted by Gasteiger charge is 2.26. The third-order valence-corrected chi connectivity index (χ3v) is 3.34. The van der Waals surface area contributed by atoms with Crippen molar-refractivity contribution < 1.29 is 14.9 Å². The van der Waals surface area contributed by atoms with Gasteiger partial charge in [-0.05, 0) is 31.1 Å². The van der Waals surface area contributed by atoms with E-state index in [1.165, 1.54) is 6.42 Å². The molecule has 1 rings (SSSR count). The van der Waals surface area contributed by atoms with Crippen molar-refractivity contribution in [1.29, 1.82) is 0 Å². The quantitative estimate of drug-likeness (QED) is 0.719. The summed E-state index contributed by atoms with van der Waals surface area (Å²) in [6, 6.07) is 0. The average molecular weight is 202 g/mol. The smallest absolute Gasteiger partial charge is 0.104 e. The van der Waals surface area contributed by atoms with Crippen molar-refractivity contribution in [2.24, 2.45) is 11.8 Å². The van der Waals surface area contributed by atoms with Crippen LogP contribution >= 0.6 is 0 Å². The van der Waals surface area contributed by atoms with Gasteiger partial charge in [-0.15, -0.1) is 0 Å². The molecule has 1 aliphatic carbocycles. The van der Waals surface area contributed by atoms with Crippen molar-refractivity contribution in [3.63, 3.8) is 0 Å². The number of hydrogen-bond donors (Lipinski definition) is 2.